The minimum atomic E-state index is 0.474. The first-order valence-electron chi connectivity index (χ1n) is 9.59. The van der Waals surface area contributed by atoms with Gasteiger partial charge in [0.15, 0.2) is 0 Å². The van der Waals surface area contributed by atoms with Crippen LogP contribution in [0.4, 0.5) is 0 Å². The molecular formula is C23H23N3O4. The second-order valence-corrected chi connectivity index (χ2v) is 6.79. The van der Waals surface area contributed by atoms with E-state index in [9.17, 15) is 0 Å². The number of ether oxygens (including phenoxy) is 2. The van der Waals surface area contributed by atoms with Crippen LogP contribution in [0, 0.1) is 0 Å². The molecule has 0 aliphatic heterocycles. The van der Waals surface area contributed by atoms with Crippen molar-refractivity contribution in [2.45, 2.75) is 19.6 Å². The number of hydrogen-bond donors (Lipinski definition) is 0. The summed E-state index contributed by atoms with van der Waals surface area (Å²) < 4.78 is 21.8. The van der Waals surface area contributed by atoms with E-state index >= 15 is 0 Å². The normalized spacial score (nSPS) is 11.0. The molecule has 0 aliphatic rings. The minimum absolute atomic E-state index is 0.474. The van der Waals surface area contributed by atoms with E-state index in [-0.39, 0.29) is 0 Å². The highest BCUT2D eigenvalue weighted by atomic mass is 16.5. The Balaban J connectivity index is 1.54. The van der Waals surface area contributed by atoms with Crippen LogP contribution in [-0.2, 0) is 19.6 Å². The Bertz CT molecular complexity index is 1060. The molecule has 0 atom stereocenters. The van der Waals surface area contributed by atoms with Crippen LogP contribution in [0.3, 0.4) is 0 Å². The van der Waals surface area contributed by atoms with Crippen LogP contribution in [0.1, 0.15) is 17.2 Å². The third-order valence-electron chi connectivity index (χ3n) is 4.69. The minimum Gasteiger partial charge on any atom is -0.497 e. The van der Waals surface area contributed by atoms with Gasteiger partial charge in [-0.25, -0.2) is 0 Å². The van der Waals surface area contributed by atoms with Crippen LogP contribution < -0.4 is 9.47 Å². The molecule has 0 spiro atoms. The highest BCUT2D eigenvalue weighted by molar-refractivity contribution is 5.65. The number of furan rings is 1. The monoisotopic (exact) mass is 405 g/mol. The van der Waals surface area contributed by atoms with E-state index in [1.807, 2.05) is 42.5 Å². The molecule has 0 radical (unpaired) electrons. The molecule has 0 aliphatic carbocycles. The summed E-state index contributed by atoms with van der Waals surface area (Å²) in [5, 5.41) is 4.15. The smallest absolute Gasteiger partial charge is 0.241 e. The van der Waals surface area contributed by atoms with Gasteiger partial charge >= 0.3 is 0 Å². The lowest BCUT2D eigenvalue weighted by atomic mass is 10.2. The molecule has 0 saturated carbocycles. The van der Waals surface area contributed by atoms with Crippen molar-refractivity contribution in [1.29, 1.82) is 0 Å². The molecule has 4 aromatic rings. The molecule has 30 heavy (non-hydrogen) atoms. The molecule has 0 saturated heterocycles. The van der Waals surface area contributed by atoms with Crippen molar-refractivity contribution in [2.75, 3.05) is 14.2 Å². The molecule has 0 bridgehead atoms. The number of methoxy groups -OCH3 is 2. The largest absolute Gasteiger partial charge is 0.497 e. The van der Waals surface area contributed by atoms with Crippen molar-refractivity contribution in [3.05, 3.63) is 84.1 Å². The molecule has 2 aromatic carbocycles. The van der Waals surface area contributed by atoms with Gasteiger partial charge in [-0.2, -0.15) is 4.98 Å². The third kappa shape index (κ3) is 4.69. The van der Waals surface area contributed by atoms with Crippen molar-refractivity contribution in [3.8, 4) is 22.9 Å². The second-order valence-electron chi connectivity index (χ2n) is 6.79. The average Bonchev–Trinajstić information content (AvgIpc) is 3.46. The molecule has 4 rings (SSSR count). The Kier molecular flexibility index (Phi) is 6.10. The standard InChI is InChI=1S/C23H23N3O4/c1-27-18-10-11-20(21(13-18)28-2)23-24-22(30-25-23)16-26(15-19-9-6-12-29-19)14-17-7-4-3-5-8-17/h3-13H,14-16H2,1-2H3. The molecule has 2 aromatic heterocycles. The quantitative estimate of drug-likeness (QED) is 0.404. The Morgan fingerprint density at radius 2 is 1.77 bits per heavy atom. The van der Waals surface area contributed by atoms with E-state index in [0.29, 0.717) is 36.3 Å². The van der Waals surface area contributed by atoms with Gasteiger partial charge in [-0.15, -0.1) is 0 Å². The summed E-state index contributed by atoms with van der Waals surface area (Å²) in [7, 11) is 3.21. The van der Waals surface area contributed by atoms with Gasteiger partial charge < -0.3 is 18.4 Å². The van der Waals surface area contributed by atoms with Crippen LogP contribution >= 0.6 is 0 Å². The van der Waals surface area contributed by atoms with Crippen molar-refractivity contribution < 1.29 is 18.4 Å². The number of rotatable bonds is 9. The molecule has 0 fully saturated rings. The first-order valence-corrected chi connectivity index (χ1v) is 9.59. The molecular weight excluding hydrogens is 382 g/mol. The second kappa shape index (κ2) is 9.28. The number of nitrogens with zero attached hydrogens (tertiary/aromatic N) is 3. The van der Waals surface area contributed by atoms with Gasteiger partial charge in [-0.1, -0.05) is 35.5 Å². The van der Waals surface area contributed by atoms with E-state index in [4.69, 9.17) is 18.4 Å². The highest BCUT2D eigenvalue weighted by Gasteiger charge is 2.17. The number of benzene rings is 2. The van der Waals surface area contributed by atoms with Crippen molar-refractivity contribution >= 4 is 0 Å². The van der Waals surface area contributed by atoms with Crippen molar-refractivity contribution in [1.82, 2.24) is 15.0 Å². The zero-order valence-electron chi connectivity index (χ0n) is 16.9. The van der Waals surface area contributed by atoms with Crippen molar-refractivity contribution in [2.24, 2.45) is 0 Å². The Labute approximate surface area is 174 Å². The summed E-state index contributed by atoms with van der Waals surface area (Å²) in [5.41, 5.74) is 1.94. The summed E-state index contributed by atoms with van der Waals surface area (Å²) in [6, 6.07) is 19.6. The van der Waals surface area contributed by atoms with Crippen LogP contribution in [0.5, 0.6) is 11.5 Å². The maximum absolute atomic E-state index is 5.54. The van der Waals surface area contributed by atoms with E-state index in [2.05, 4.69) is 27.2 Å². The maximum Gasteiger partial charge on any atom is 0.241 e. The van der Waals surface area contributed by atoms with Crippen LogP contribution in [-0.4, -0.2) is 29.3 Å². The van der Waals surface area contributed by atoms with Gasteiger partial charge in [-0.3, -0.25) is 4.90 Å². The topological polar surface area (TPSA) is 73.8 Å². The number of aromatic nitrogens is 2. The first kappa shape index (κ1) is 19.7. The molecule has 0 amide bonds. The van der Waals surface area contributed by atoms with Gasteiger partial charge in [0, 0.05) is 12.6 Å². The summed E-state index contributed by atoms with van der Waals surface area (Å²) in [6.45, 7) is 1.84. The third-order valence-corrected chi connectivity index (χ3v) is 4.69. The first-order chi connectivity index (χ1) is 14.7. The zero-order chi connectivity index (χ0) is 20.8. The molecule has 154 valence electrons. The Hall–Kier alpha value is -3.58. The van der Waals surface area contributed by atoms with E-state index < -0.39 is 0 Å². The summed E-state index contributed by atoms with van der Waals surface area (Å²) >= 11 is 0. The molecule has 0 N–H and O–H groups in total. The Morgan fingerprint density at radius 3 is 2.50 bits per heavy atom. The van der Waals surface area contributed by atoms with Crippen LogP contribution in [0.2, 0.25) is 0 Å². The number of hydrogen-bond acceptors (Lipinski definition) is 7. The van der Waals surface area contributed by atoms with Crippen LogP contribution in [0.15, 0.2) is 75.9 Å². The van der Waals surface area contributed by atoms with Gasteiger partial charge in [0.1, 0.15) is 17.3 Å². The Morgan fingerprint density at radius 1 is 0.900 bits per heavy atom. The van der Waals surface area contributed by atoms with E-state index in [0.717, 1.165) is 17.9 Å². The summed E-state index contributed by atoms with van der Waals surface area (Å²) in [5.74, 6) is 3.19. The predicted molar refractivity (Wildman–Crippen MR) is 111 cm³/mol. The fourth-order valence-electron chi connectivity index (χ4n) is 3.24. The van der Waals surface area contributed by atoms with Gasteiger partial charge in [0.25, 0.3) is 0 Å². The fourth-order valence-corrected chi connectivity index (χ4v) is 3.24. The average molecular weight is 405 g/mol. The van der Waals surface area contributed by atoms with Gasteiger partial charge in [-0.05, 0) is 29.8 Å². The molecule has 0 unspecified atom stereocenters. The van der Waals surface area contributed by atoms with Crippen molar-refractivity contribution in [3.63, 3.8) is 0 Å². The fraction of sp³-hybridized carbons (Fsp3) is 0.217. The van der Waals surface area contributed by atoms with Crippen LogP contribution in [0.25, 0.3) is 11.4 Å². The highest BCUT2D eigenvalue weighted by Crippen LogP contribution is 2.31. The lowest BCUT2D eigenvalue weighted by molar-refractivity contribution is 0.196. The lowest BCUT2D eigenvalue weighted by Crippen LogP contribution is -2.22. The maximum atomic E-state index is 5.54. The predicted octanol–water partition coefficient (Wildman–Crippen LogP) is 4.55. The lowest BCUT2D eigenvalue weighted by Gasteiger charge is -2.19. The van der Waals surface area contributed by atoms with Gasteiger partial charge in [0.2, 0.25) is 11.7 Å². The molecule has 7 nitrogen and oxygen atoms in total. The molecule has 7 heteroatoms. The zero-order valence-corrected chi connectivity index (χ0v) is 16.9. The van der Waals surface area contributed by atoms with E-state index in [1.54, 1.807) is 26.5 Å². The van der Waals surface area contributed by atoms with Gasteiger partial charge in [0.05, 0.1) is 39.1 Å². The SMILES string of the molecule is COc1ccc(-c2noc(CN(Cc3ccccc3)Cc3ccco3)n2)c(OC)c1. The molecule has 2 heterocycles. The van der Waals surface area contributed by atoms with E-state index in [1.165, 1.54) is 5.56 Å². The summed E-state index contributed by atoms with van der Waals surface area (Å²) in [6.07, 6.45) is 1.68. The summed E-state index contributed by atoms with van der Waals surface area (Å²) in [4.78, 5) is 6.78.